The van der Waals surface area contributed by atoms with Crippen molar-refractivity contribution in [3.05, 3.63) is 59.7 Å². The maximum absolute atomic E-state index is 9.09. The predicted molar refractivity (Wildman–Crippen MR) is 90.0 cm³/mol. The number of rotatable bonds is 5. The van der Waals surface area contributed by atoms with Gasteiger partial charge in [-0.05, 0) is 17.0 Å². The van der Waals surface area contributed by atoms with Crippen LogP contribution in [0.25, 0.3) is 11.1 Å². The second-order valence-corrected chi connectivity index (χ2v) is 6.16. The number of nitrogens with zero attached hydrogens (tertiary/aromatic N) is 4. The first-order chi connectivity index (χ1) is 11.1. The molecule has 1 aromatic carbocycles. The Bertz CT molecular complexity index is 784. The third-order valence-electron chi connectivity index (χ3n) is 3.88. The lowest BCUT2D eigenvalue weighted by atomic mass is 9.99. The number of hydrogen-bond acceptors (Lipinski definition) is 3. The Labute approximate surface area is 136 Å². The van der Waals surface area contributed by atoms with Crippen molar-refractivity contribution in [1.82, 2.24) is 19.6 Å². The van der Waals surface area contributed by atoms with Crippen molar-refractivity contribution < 1.29 is 5.11 Å². The summed E-state index contributed by atoms with van der Waals surface area (Å²) in [7, 11) is 1.96. The molecule has 120 valence electrons. The molecule has 0 spiro atoms. The molecule has 5 nitrogen and oxygen atoms in total. The van der Waals surface area contributed by atoms with Gasteiger partial charge in [-0.1, -0.05) is 38.1 Å². The zero-order valence-corrected chi connectivity index (χ0v) is 13.8. The van der Waals surface area contributed by atoms with Gasteiger partial charge in [-0.3, -0.25) is 9.36 Å². The lowest BCUT2D eigenvalue weighted by molar-refractivity contribution is 0.281. The minimum absolute atomic E-state index is 0.0257. The third kappa shape index (κ3) is 3.35. The van der Waals surface area contributed by atoms with Gasteiger partial charge in [0.15, 0.2) is 0 Å². The molecule has 0 aliphatic heterocycles. The monoisotopic (exact) mass is 310 g/mol. The number of aromatic nitrogens is 4. The Balaban J connectivity index is 1.82. The van der Waals surface area contributed by atoms with Crippen molar-refractivity contribution in [2.75, 3.05) is 0 Å². The van der Waals surface area contributed by atoms with Gasteiger partial charge in [0.05, 0.1) is 25.0 Å². The van der Waals surface area contributed by atoms with Gasteiger partial charge in [-0.15, -0.1) is 0 Å². The van der Waals surface area contributed by atoms with Gasteiger partial charge in [-0.2, -0.15) is 10.2 Å². The number of aryl methyl sites for hydroxylation is 1. The summed E-state index contributed by atoms with van der Waals surface area (Å²) in [5.41, 5.74) is 5.51. The minimum atomic E-state index is 0.0257. The predicted octanol–water partition coefficient (Wildman–Crippen LogP) is 2.95. The Morgan fingerprint density at radius 1 is 1.09 bits per heavy atom. The molecule has 0 aliphatic carbocycles. The van der Waals surface area contributed by atoms with Gasteiger partial charge in [0.2, 0.25) is 0 Å². The lowest BCUT2D eigenvalue weighted by Crippen LogP contribution is -1.99. The molecule has 2 heterocycles. The van der Waals surface area contributed by atoms with E-state index in [1.54, 1.807) is 6.20 Å². The van der Waals surface area contributed by atoms with Crippen LogP contribution in [0.3, 0.4) is 0 Å². The summed E-state index contributed by atoms with van der Waals surface area (Å²) in [5, 5.41) is 17.9. The molecule has 0 aliphatic rings. The maximum atomic E-state index is 9.09. The number of hydrogen-bond donors (Lipinski definition) is 1. The highest BCUT2D eigenvalue weighted by Crippen LogP contribution is 2.28. The highest BCUT2D eigenvalue weighted by molar-refractivity contribution is 5.66. The first kappa shape index (κ1) is 15.5. The summed E-state index contributed by atoms with van der Waals surface area (Å²) in [4.78, 5) is 0. The fraction of sp³-hybridized carbons (Fsp3) is 0.333. The first-order valence-electron chi connectivity index (χ1n) is 7.82. The Hall–Kier alpha value is -2.40. The van der Waals surface area contributed by atoms with Gasteiger partial charge in [0.25, 0.3) is 0 Å². The zero-order chi connectivity index (χ0) is 16.4. The molecule has 3 aromatic rings. The fourth-order valence-electron chi connectivity index (χ4n) is 2.71. The van der Waals surface area contributed by atoms with Crippen LogP contribution in [-0.2, 0) is 20.2 Å². The summed E-state index contributed by atoms with van der Waals surface area (Å²) in [5.74, 6) is 0.395. The Morgan fingerprint density at radius 3 is 2.43 bits per heavy atom. The second-order valence-electron chi connectivity index (χ2n) is 6.16. The SMILES string of the molecule is CC(C)c1nn(C)cc1-c1ccc(Cn2cc(CO)cn2)cc1. The molecule has 0 saturated heterocycles. The fourth-order valence-corrected chi connectivity index (χ4v) is 2.71. The van der Waals surface area contributed by atoms with Crippen LogP contribution in [0.5, 0.6) is 0 Å². The average Bonchev–Trinajstić information content (AvgIpc) is 3.14. The van der Waals surface area contributed by atoms with E-state index in [0.717, 1.165) is 11.3 Å². The summed E-state index contributed by atoms with van der Waals surface area (Å²) >= 11 is 0. The van der Waals surface area contributed by atoms with Crippen molar-refractivity contribution in [2.45, 2.75) is 32.9 Å². The molecular weight excluding hydrogens is 288 g/mol. The number of aliphatic hydroxyl groups is 1. The van der Waals surface area contributed by atoms with Gasteiger partial charge >= 0.3 is 0 Å². The maximum Gasteiger partial charge on any atom is 0.0728 e. The topological polar surface area (TPSA) is 55.9 Å². The Morgan fingerprint density at radius 2 is 1.83 bits per heavy atom. The number of aliphatic hydroxyl groups excluding tert-OH is 1. The van der Waals surface area contributed by atoms with Crippen molar-refractivity contribution in [1.29, 1.82) is 0 Å². The highest BCUT2D eigenvalue weighted by atomic mass is 16.3. The van der Waals surface area contributed by atoms with Crippen LogP contribution in [0.15, 0.2) is 42.9 Å². The number of benzene rings is 1. The lowest BCUT2D eigenvalue weighted by Gasteiger charge is -2.07. The van der Waals surface area contributed by atoms with Crippen molar-refractivity contribution in [3.8, 4) is 11.1 Å². The quantitative estimate of drug-likeness (QED) is 0.788. The molecule has 0 bridgehead atoms. The minimum Gasteiger partial charge on any atom is -0.392 e. The molecule has 5 heteroatoms. The van der Waals surface area contributed by atoms with Crippen LogP contribution >= 0.6 is 0 Å². The molecule has 3 rings (SSSR count). The molecular formula is C18H22N4O. The van der Waals surface area contributed by atoms with Gasteiger partial charge in [-0.25, -0.2) is 0 Å². The van der Waals surface area contributed by atoms with Crippen molar-refractivity contribution >= 4 is 0 Å². The van der Waals surface area contributed by atoms with E-state index < -0.39 is 0 Å². The average molecular weight is 310 g/mol. The normalized spacial score (nSPS) is 11.3. The molecule has 0 fully saturated rings. The summed E-state index contributed by atoms with van der Waals surface area (Å²) in [6.07, 6.45) is 5.64. The largest absolute Gasteiger partial charge is 0.392 e. The molecule has 1 N–H and O–H groups in total. The van der Waals surface area contributed by atoms with Crippen LogP contribution in [0.2, 0.25) is 0 Å². The molecule has 0 atom stereocenters. The molecule has 0 saturated carbocycles. The van der Waals surface area contributed by atoms with Crippen molar-refractivity contribution in [2.24, 2.45) is 7.05 Å². The smallest absolute Gasteiger partial charge is 0.0728 e. The van der Waals surface area contributed by atoms with E-state index in [4.69, 9.17) is 5.11 Å². The second kappa shape index (κ2) is 6.38. The first-order valence-corrected chi connectivity index (χ1v) is 7.82. The van der Waals surface area contributed by atoms with E-state index in [0.29, 0.717) is 12.5 Å². The molecule has 0 amide bonds. The van der Waals surface area contributed by atoms with E-state index in [9.17, 15) is 0 Å². The van der Waals surface area contributed by atoms with E-state index in [1.165, 1.54) is 16.7 Å². The molecule has 23 heavy (non-hydrogen) atoms. The molecule has 0 unspecified atom stereocenters. The van der Waals surface area contributed by atoms with E-state index >= 15 is 0 Å². The standard InChI is InChI=1S/C18H22N4O/c1-13(2)18-17(11-21(3)20-18)16-6-4-14(5-7-16)9-22-10-15(12-23)8-19-22/h4-8,10-11,13,23H,9,12H2,1-3H3. The third-order valence-corrected chi connectivity index (χ3v) is 3.88. The highest BCUT2D eigenvalue weighted by Gasteiger charge is 2.13. The van der Waals surface area contributed by atoms with Gasteiger partial charge < -0.3 is 5.11 Å². The molecule has 0 radical (unpaired) electrons. The van der Waals surface area contributed by atoms with Crippen LogP contribution in [0.4, 0.5) is 0 Å². The summed E-state index contributed by atoms with van der Waals surface area (Å²) in [6.45, 7) is 5.05. The van der Waals surface area contributed by atoms with E-state index in [2.05, 4.69) is 54.5 Å². The molecule has 2 aromatic heterocycles. The van der Waals surface area contributed by atoms with Crippen LogP contribution < -0.4 is 0 Å². The summed E-state index contributed by atoms with van der Waals surface area (Å²) in [6, 6.07) is 8.50. The van der Waals surface area contributed by atoms with Crippen LogP contribution in [0.1, 0.15) is 36.6 Å². The van der Waals surface area contributed by atoms with Gasteiger partial charge in [0, 0.05) is 30.6 Å². The zero-order valence-electron chi connectivity index (χ0n) is 13.8. The summed E-state index contributed by atoms with van der Waals surface area (Å²) < 4.78 is 3.71. The van der Waals surface area contributed by atoms with Crippen LogP contribution in [0, 0.1) is 0 Å². The Kier molecular flexibility index (Phi) is 4.30. The van der Waals surface area contributed by atoms with Crippen LogP contribution in [-0.4, -0.2) is 24.7 Å². The van der Waals surface area contributed by atoms with E-state index in [1.807, 2.05) is 22.6 Å². The van der Waals surface area contributed by atoms with Gasteiger partial charge in [0.1, 0.15) is 0 Å². The van der Waals surface area contributed by atoms with E-state index in [-0.39, 0.29) is 6.61 Å². The van der Waals surface area contributed by atoms with Crippen molar-refractivity contribution in [3.63, 3.8) is 0 Å².